The molecule has 0 radical (unpaired) electrons. The third-order valence-electron chi connectivity index (χ3n) is 5.93. The maximum absolute atomic E-state index is 13.4. The molecule has 0 fully saturated rings. The van der Waals surface area contributed by atoms with Gasteiger partial charge in [-0.25, -0.2) is 9.97 Å². The average Bonchev–Trinajstić information content (AvgIpc) is 2.93. The Balaban J connectivity index is 1.57. The monoisotopic (exact) mass is 522 g/mol. The van der Waals surface area contributed by atoms with E-state index in [1.165, 1.54) is 12.1 Å². The van der Waals surface area contributed by atoms with Gasteiger partial charge in [0.05, 0.1) is 11.3 Å². The number of nitrogens with one attached hydrogen (secondary N) is 2. The van der Waals surface area contributed by atoms with Crippen molar-refractivity contribution in [2.24, 2.45) is 5.73 Å². The van der Waals surface area contributed by atoms with Gasteiger partial charge in [0.1, 0.15) is 5.69 Å². The fourth-order valence-electron chi connectivity index (χ4n) is 3.93. The molecule has 1 aromatic heterocycles. The second-order valence-electron chi connectivity index (χ2n) is 9.24. The van der Waals surface area contributed by atoms with E-state index >= 15 is 0 Å². The summed E-state index contributed by atoms with van der Waals surface area (Å²) in [5, 5.41) is 5.62. The van der Waals surface area contributed by atoms with Gasteiger partial charge in [0, 0.05) is 22.5 Å². The molecule has 0 aliphatic rings. The number of primary amides is 1. The van der Waals surface area contributed by atoms with Crippen molar-refractivity contribution in [3.63, 3.8) is 0 Å². The summed E-state index contributed by atoms with van der Waals surface area (Å²) in [6.07, 6.45) is 1.57. The van der Waals surface area contributed by atoms with Crippen LogP contribution in [0, 0.1) is 0 Å². The molecule has 0 aliphatic carbocycles. The van der Waals surface area contributed by atoms with E-state index in [1.54, 1.807) is 42.5 Å². The molecule has 4 N–H and O–H groups in total. The molecule has 0 saturated heterocycles. The summed E-state index contributed by atoms with van der Waals surface area (Å²) >= 11 is 0. The summed E-state index contributed by atoms with van der Waals surface area (Å²) in [5.41, 5.74) is 8.49. The maximum Gasteiger partial charge on any atom is 0.274 e. The van der Waals surface area contributed by atoms with E-state index in [9.17, 15) is 14.4 Å². The molecule has 39 heavy (non-hydrogen) atoms. The number of hydrogen-bond donors (Lipinski definition) is 3. The maximum atomic E-state index is 13.4. The summed E-state index contributed by atoms with van der Waals surface area (Å²) < 4.78 is 0. The van der Waals surface area contributed by atoms with Crippen LogP contribution in [0.4, 0.5) is 11.4 Å². The van der Waals surface area contributed by atoms with Crippen molar-refractivity contribution in [2.45, 2.75) is 12.8 Å². The van der Waals surface area contributed by atoms with Gasteiger partial charge in [0.15, 0.2) is 5.82 Å². The van der Waals surface area contributed by atoms with Gasteiger partial charge >= 0.3 is 0 Å². The number of benzene rings is 3. The van der Waals surface area contributed by atoms with Crippen LogP contribution in [0.5, 0.6) is 0 Å². The molecule has 9 heteroatoms. The van der Waals surface area contributed by atoms with E-state index < -0.39 is 17.7 Å². The number of nitrogens with zero attached hydrogens (tertiary/aromatic N) is 3. The van der Waals surface area contributed by atoms with Crippen LogP contribution in [0.2, 0.25) is 0 Å². The summed E-state index contributed by atoms with van der Waals surface area (Å²) in [6.45, 7) is 0.889. The number of carbonyl (C=O) groups is 3. The van der Waals surface area contributed by atoms with E-state index in [2.05, 4.69) is 20.5 Å². The minimum absolute atomic E-state index is 0.209. The van der Waals surface area contributed by atoms with Gasteiger partial charge in [-0.1, -0.05) is 42.5 Å². The number of aryl methyl sites for hydroxylation is 1. The Morgan fingerprint density at radius 2 is 1.51 bits per heavy atom. The topological polar surface area (TPSA) is 130 Å². The number of anilines is 2. The molecule has 4 rings (SSSR count). The lowest BCUT2D eigenvalue weighted by Crippen LogP contribution is -2.20. The molecule has 0 saturated carbocycles. The third-order valence-corrected chi connectivity index (χ3v) is 5.93. The predicted octanol–water partition coefficient (Wildman–Crippen LogP) is 4.24. The molecule has 3 amide bonds. The van der Waals surface area contributed by atoms with Gasteiger partial charge in [-0.05, 0) is 75.9 Å². The highest BCUT2D eigenvalue weighted by molar-refractivity contribution is 6.12. The van der Waals surface area contributed by atoms with Crippen molar-refractivity contribution in [1.82, 2.24) is 14.9 Å². The molecule has 0 aliphatic heterocycles. The molecule has 0 bridgehead atoms. The van der Waals surface area contributed by atoms with Crippen molar-refractivity contribution < 1.29 is 14.4 Å². The number of amides is 3. The average molecular weight is 523 g/mol. The smallest absolute Gasteiger partial charge is 0.274 e. The van der Waals surface area contributed by atoms with Crippen LogP contribution >= 0.6 is 0 Å². The molecular formula is C30H30N6O3. The zero-order valence-electron chi connectivity index (χ0n) is 21.8. The zero-order valence-corrected chi connectivity index (χ0v) is 21.8. The van der Waals surface area contributed by atoms with Crippen molar-refractivity contribution in [1.29, 1.82) is 0 Å². The lowest BCUT2D eigenvalue weighted by Gasteiger charge is -2.13. The molecule has 0 atom stereocenters. The first-order valence-corrected chi connectivity index (χ1v) is 12.5. The fraction of sp³-hybridized carbons (Fsp3) is 0.167. The Bertz CT molecular complexity index is 1470. The number of aromatic nitrogens is 2. The molecule has 198 valence electrons. The Hall–Kier alpha value is -4.89. The van der Waals surface area contributed by atoms with Crippen LogP contribution in [-0.2, 0) is 6.42 Å². The Labute approximate surface area is 227 Å². The summed E-state index contributed by atoms with van der Waals surface area (Å²) in [6, 6.07) is 24.1. The van der Waals surface area contributed by atoms with Gasteiger partial charge in [-0.3, -0.25) is 14.4 Å². The molecule has 3 aromatic carbocycles. The lowest BCUT2D eigenvalue weighted by molar-refractivity contribution is 0.0995. The molecule has 0 unspecified atom stereocenters. The number of carbonyl (C=O) groups excluding carboxylic acids is 3. The van der Waals surface area contributed by atoms with Crippen LogP contribution in [0.15, 0.2) is 84.9 Å². The molecule has 9 nitrogen and oxygen atoms in total. The van der Waals surface area contributed by atoms with E-state index in [0.29, 0.717) is 29.2 Å². The zero-order chi connectivity index (χ0) is 27.8. The predicted molar refractivity (Wildman–Crippen MR) is 152 cm³/mol. The Kier molecular flexibility index (Phi) is 8.75. The Morgan fingerprint density at radius 3 is 2.21 bits per heavy atom. The van der Waals surface area contributed by atoms with Crippen LogP contribution in [0.25, 0.3) is 11.4 Å². The molecule has 1 heterocycles. The number of rotatable bonds is 10. The highest BCUT2D eigenvalue weighted by Crippen LogP contribution is 2.21. The van der Waals surface area contributed by atoms with Crippen LogP contribution < -0.4 is 16.4 Å². The summed E-state index contributed by atoms with van der Waals surface area (Å²) in [5.74, 6) is -0.959. The standard InChI is InChI=1S/C30H30N6O3/c1-36(2)18-8-11-23-19-26(34-28(32-23)21-9-4-3-5-10-21)30(39)35-25-13-7-6-12-24(25)29(38)33-22-16-14-20(15-17-22)27(31)37/h3-7,9-10,12-17,19H,8,11,18H2,1-2H3,(H2,31,37)(H,33,38)(H,35,39). The first-order valence-electron chi connectivity index (χ1n) is 12.5. The minimum Gasteiger partial charge on any atom is -0.366 e. The van der Waals surface area contributed by atoms with E-state index in [-0.39, 0.29) is 11.3 Å². The summed E-state index contributed by atoms with van der Waals surface area (Å²) in [7, 11) is 4.02. The molecule has 4 aromatic rings. The second kappa shape index (κ2) is 12.6. The van der Waals surface area contributed by atoms with Gasteiger partial charge in [0.2, 0.25) is 5.91 Å². The number of hydrogen-bond acceptors (Lipinski definition) is 6. The van der Waals surface area contributed by atoms with E-state index in [0.717, 1.165) is 24.2 Å². The van der Waals surface area contributed by atoms with Gasteiger partial charge in [-0.2, -0.15) is 0 Å². The van der Waals surface area contributed by atoms with E-state index in [4.69, 9.17) is 10.7 Å². The first-order chi connectivity index (χ1) is 18.8. The van der Waals surface area contributed by atoms with Crippen molar-refractivity contribution in [3.8, 4) is 11.4 Å². The highest BCUT2D eigenvalue weighted by atomic mass is 16.2. The molecular weight excluding hydrogens is 492 g/mol. The van der Waals surface area contributed by atoms with E-state index in [1.807, 2.05) is 44.4 Å². The Morgan fingerprint density at radius 1 is 0.821 bits per heavy atom. The quantitative estimate of drug-likeness (QED) is 0.286. The lowest BCUT2D eigenvalue weighted by atomic mass is 10.1. The summed E-state index contributed by atoms with van der Waals surface area (Å²) in [4.78, 5) is 49.1. The highest BCUT2D eigenvalue weighted by Gasteiger charge is 2.17. The fourth-order valence-corrected chi connectivity index (χ4v) is 3.93. The second-order valence-corrected chi connectivity index (χ2v) is 9.24. The van der Waals surface area contributed by atoms with Crippen LogP contribution in [0.1, 0.15) is 43.3 Å². The van der Waals surface area contributed by atoms with Crippen molar-refractivity contribution in [3.05, 3.63) is 107 Å². The molecule has 0 spiro atoms. The first kappa shape index (κ1) is 27.2. The van der Waals surface area contributed by atoms with Gasteiger partial charge in [-0.15, -0.1) is 0 Å². The minimum atomic E-state index is -0.554. The number of para-hydroxylation sites is 1. The van der Waals surface area contributed by atoms with Crippen molar-refractivity contribution >= 4 is 29.1 Å². The largest absolute Gasteiger partial charge is 0.366 e. The normalized spacial score (nSPS) is 10.7. The van der Waals surface area contributed by atoms with Gasteiger partial charge in [0.25, 0.3) is 11.8 Å². The van der Waals surface area contributed by atoms with Crippen LogP contribution in [-0.4, -0.2) is 53.2 Å². The van der Waals surface area contributed by atoms with Crippen molar-refractivity contribution in [2.75, 3.05) is 31.3 Å². The number of nitrogens with two attached hydrogens (primary N) is 1. The SMILES string of the molecule is CN(C)CCCc1cc(C(=O)Nc2ccccc2C(=O)Nc2ccc(C(N)=O)cc2)nc(-c2ccccc2)n1. The van der Waals surface area contributed by atoms with Gasteiger partial charge < -0.3 is 21.3 Å². The van der Waals surface area contributed by atoms with Crippen LogP contribution in [0.3, 0.4) is 0 Å². The third kappa shape index (κ3) is 7.33.